The molecule has 2 heterocycles. The molecule has 31 heavy (non-hydrogen) atoms. The molecule has 158 valence electrons. The van der Waals surface area contributed by atoms with Crippen LogP contribution in [0.4, 0.5) is 5.69 Å². The van der Waals surface area contributed by atoms with E-state index in [4.69, 9.17) is 4.74 Å². The maximum absolute atomic E-state index is 12.7. The van der Waals surface area contributed by atoms with Crippen molar-refractivity contribution in [3.63, 3.8) is 0 Å². The Labute approximate surface area is 179 Å². The van der Waals surface area contributed by atoms with E-state index in [9.17, 15) is 13.2 Å². The van der Waals surface area contributed by atoms with Crippen LogP contribution in [-0.4, -0.2) is 35.6 Å². The van der Waals surface area contributed by atoms with Gasteiger partial charge in [0.2, 0.25) is 0 Å². The van der Waals surface area contributed by atoms with Crippen molar-refractivity contribution >= 4 is 27.3 Å². The fraction of sp³-hybridized carbons (Fsp3) is 0.136. The summed E-state index contributed by atoms with van der Waals surface area (Å²) in [4.78, 5) is 16.4. The van der Waals surface area contributed by atoms with E-state index in [0.717, 1.165) is 5.56 Å². The van der Waals surface area contributed by atoms with Gasteiger partial charge in [-0.25, -0.2) is 22.7 Å². The minimum absolute atomic E-state index is 0.151. The number of sulfonamides is 1. The zero-order chi connectivity index (χ0) is 22.0. The first-order valence-corrected chi connectivity index (χ1v) is 11.1. The summed E-state index contributed by atoms with van der Waals surface area (Å²) < 4.78 is 34.6. The molecular weight excluding hydrogens is 416 g/mol. The van der Waals surface area contributed by atoms with Gasteiger partial charge in [-0.3, -0.25) is 4.72 Å². The molecule has 0 aliphatic heterocycles. The van der Waals surface area contributed by atoms with E-state index in [1.807, 2.05) is 13.0 Å². The van der Waals surface area contributed by atoms with Gasteiger partial charge in [-0.2, -0.15) is 5.10 Å². The third-order valence-corrected chi connectivity index (χ3v) is 5.98. The number of ether oxygens (including phenoxy) is 1. The van der Waals surface area contributed by atoms with Crippen LogP contribution in [0.15, 0.2) is 71.8 Å². The van der Waals surface area contributed by atoms with E-state index in [1.54, 1.807) is 67.7 Å². The average molecular weight is 436 g/mol. The van der Waals surface area contributed by atoms with Crippen LogP contribution in [0.2, 0.25) is 0 Å². The highest BCUT2D eigenvalue weighted by atomic mass is 32.2. The van der Waals surface area contributed by atoms with Gasteiger partial charge in [-0.05, 0) is 44.2 Å². The second-order valence-electron chi connectivity index (χ2n) is 6.85. The number of carbonyl (C=O) groups is 1. The van der Waals surface area contributed by atoms with Crippen LogP contribution in [0.1, 0.15) is 23.0 Å². The summed E-state index contributed by atoms with van der Waals surface area (Å²) in [7, 11) is -3.73. The zero-order valence-corrected chi connectivity index (χ0v) is 17.8. The van der Waals surface area contributed by atoms with Gasteiger partial charge in [0, 0.05) is 23.5 Å². The second-order valence-corrected chi connectivity index (χ2v) is 8.53. The third kappa shape index (κ3) is 4.26. The minimum Gasteiger partial charge on any atom is -0.461 e. The summed E-state index contributed by atoms with van der Waals surface area (Å²) in [6.45, 7) is 3.86. The van der Waals surface area contributed by atoms with Crippen molar-refractivity contribution in [1.82, 2.24) is 14.6 Å². The van der Waals surface area contributed by atoms with E-state index in [0.29, 0.717) is 22.6 Å². The number of hydrogen-bond donors (Lipinski definition) is 1. The van der Waals surface area contributed by atoms with Crippen molar-refractivity contribution in [3.8, 4) is 11.3 Å². The Morgan fingerprint density at radius 2 is 1.87 bits per heavy atom. The normalized spacial score (nSPS) is 11.4. The van der Waals surface area contributed by atoms with Gasteiger partial charge < -0.3 is 4.74 Å². The summed E-state index contributed by atoms with van der Waals surface area (Å²) in [5.41, 5.74) is 3.36. The van der Waals surface area contributed by atoms with Gasteiger partial charge in [-0.15, -0.1) is 0 Å². The molecule has 8 nitrogen and oxygen atoms in total. The molecule has 9 heteroatoms. The zero-order valence-electron chi connectivity index (χ0n) is 16.9. The molecule has 0 spiro atoms. The van der Waals surface area contributed by atoms with Crippen LogP contribution in [0.25, 0.3) is 16.9 Å². The van der Waals surface area contributed by atoms with Crippen LogP contribution < -0.4 is 4.72 Å². The highest BCUT2D eigenvalue weighted by molar-refractivity contribution is 7.92. The summed E-state index contributed by atoms with van der Waals surface area (Å²) >= 11 is 0. The number of carbonyl (C=O) groups excluding carboxylic acids is 1. The second kappa shape index (κ2) is 8.19. The summed E-state index contributed by atoms with van der Waals surface area (Å²) in [5.74, 6) is -0.529. The third-order valence-electron chi connectivity index (χ3n) is 4.58. The highest BCUT2D eigenvalue weighted by Crippen LogP contribution is 2.25. The Bertz CT molecular complexity index is 1360. The number of nitrogens with one attached hydrogen (secondary N) is 1. The Balaban J connectivity index is 1.69. The van der Waals surface area contributed by atoms with E-state index in [-0.39, 0.29) is 17.2 Å². The highest BCUT2D eigenvalue weighted by Gasteiger charge is 2.17. The standard InChI is InChI=1S/C22H20N4O4S/c1-3-30-22(27)19-14-21-23-12-11-20(26(21)24-19)16-5-4-6-17(13-16)25-31(28,29)18-9-7-15(2)8-10-18/h4-14,25H,3H2,1-2H3. The summed E-state index contributed by atoms with van der Waals surface area (Å²) in [6, 6.07) is 16.8. The first-order valence-electron chi connectivity index (χ1n) is 9.59. The molecule has 0 amide bonds. The maximum Gasteiger partial charge on any atom is 0.358 e. The molecule has 4 aromatic rings. The summed E-state index contributed by atoms with van der Waals surface area (Å²) in [6.07, 6.45) is 1.60. The lowest BCUT2D eigenvalue weighted by Crippen LogP contribution is -2.13. The van der Waals surface area contributed by atoms with Crippen molar-refractivity contribution in [2.45, 2.75) is 18.7 Å². The van der Waals surface area contributed by atoms with Crippen molar-refractivity contribution in [3.05, 3.63) is 78.1 Å². The molecule has 0 atom stereocenters. The van der Waals surface area contributed by atoms with Crippen LogP contribution >= 0.6 is 0 Å². The van der Waals surface area contributed by atoms with Gasteiger partial charge in [0.25, 0.3) is 10.0 Å². The van der Waals surface area contributed by atoms with E-state index in [1.165, 1.54) is 4.52 Å². The molecule has 0 aliphatic carbocycles. The maximum atomic E-state index is 12.7. The fourth-order valence-electron chi connectivity index (χ4n) is 3.09. The van der Waals surface area contributed by atoms with Crippen molar-refractivity contribution in [1.29, 1.82) is 0 Å². The SMILES string of the molecule is CCOC(=O)c1cc2nccc(-c3cccc(NS(=O)(=O)c4ccc(C)cc4)c3)n2n1. The quantitative estimate of drug-likeness (QED) is 0.463. The van der Waals surface area contributed by atoms with Crippen LogP contribution in [0.5, 0.6) is 0 Å². The lowest BCUT2D eigenvalue weighted by atomic mass is 10.1. The van der Waals surface area contributed by atoms with Crippen molar-refractivity contribution in [2.75, 3.05) is 11.3 Å². The topological polar surface area (TPSA) is 103 Å². The number of rotatable bonds is 6. The van der Waals surface area contributed by atoms with Gasteiger partial charge in [0.15, 0.2) is 11.3 Å². The Morgan fingerprint density at radius 1 is 1.10 bits per heavy atom. The molecule has 0 bridgehead atoms. The molecule has 0 radical (unpaired) electrons. The Kier molecular flexibility index (Phi) is 5.43. The molecule has 0 saturated carbocycles. The molecular formula is C22H20N4O4S. The van der Waals surface area contributed by atoms with Crippen LogP contribution in [-0.2, 0) is 14.8 Å². The molecule has 0 fully saturated rings. The lowest BCUT2D eigenvalue weighted by molar-refractivity contribution is 0.0519. The number of benzene rings is 2. The van der Waals surface area contributed by atoms with E-state index in [2.05, 4.69) is 14.8 Å². The Morgan fingerprint density at radius 3 is 2.61 bits per heavy atom. The summed E-state index contributed by atoms with van der Waals surface area (Å²) in [5, 5.41) is 4.31. The minimum atomic E-state index is -3.73. The first kappa shape index (κ1) is 20.5. The van der Waals surface area contributed by atoms with Gasteiger partial charge in [0.1, 0.15) is 0 Å². The van der Waals surface area contributed by atoms with Crippen LogP contribution in [0, 0.1) is 6.92 Å². The number of nitrogens with zero attached hydrogens (tertiary/aromatic N) is 3. The lowest BCUT2D eigenvalue weighted by Gasteiger charge is -2.10. The monoisotopic (exact) mass is 436 g/mol. The van der Waals surface area contributed by atoms with E-state index < -0.39 is 16.0 Å². The van der Waals surface area contributed by atoms with Crippen molar-refractivity contribution < 1.29 is 17.9 Å². The molecule has 4 rings (SSSR count). The number of hydrogen-bond acceptors (Lipinski definition) is 6. The predicted molar refractivity (Wildman–Crippen MR) is 116 cm³/mol. The number of aromatic nitrogens is 3. The number of aryl methyl sites for hydroxylation is 1. The van der Waals surface area contributed by atoms with Crippen LogP contribution in [0.3, 0.4) is 0 Å². The fourth-order valence-corrected chi connectivity index (χ4v) is 4.14. The smallest absolute Gasteiger partial charge is 0.358 e. The van der Waals surface area contributed by atoms with Gasteiger partial charge in [0.05, 0.1) is 17.2 Å². The van der Waals surface area contributed by atoms with Crippen molar-refractivity contribution in [2.24, 2.45) is 0 Å². The van der Waals surface area contributed by atoms with Gasteiger partial charge >= 0.3 is 5.97 Å². The molecule has 0 unspecified atom stereocenters. The molecule has 0 aliphatic rings. The number of esters is 1. The Hall–Kier alpha value is -3.72. The molecule has 2 aromatic heterocycles. The van der Waals surface area contributed by atoms with Gasteiger partial charge in [-0.1, -0.05) is 29.8 Å². The number of fused-ring (bicyclic) bond motifs is 1. The molecule has 0 saturated heterocycles. The molecule has 2 aromatic carbocycles. The largest absolute Gasteiger partial charge is 0.461 e. The first-order chi connectivity index (χ1) is 14.9. The molecule has 1 N–H and O–H groups in total. The number of anilines is 1. The average Bonchev–Trinajstić information content (AvgIpc) is 3.19. The predicted octanol–water partition coefficient (Wildman–Crippen LogP) is 3.68. The van der Waals surface area contributed by atoms with E-state index >= 15 is 0 Å².